The summed E-state index contributed by atoms with van der Waals surface area (Å²) in [7, 11) is 0. The second-order valence-corrected chi connectivity index (χ2v) is 6.44. The maximum atomic E-state index is 12.9. The Morgan fingerprint density at radius 2 is 1.96 bits per heavy atom. The van der Waals surface area contributed by atoms with Crippen molar-refractivity contribution in [2.45, 2.75) is 38.6 Å². The van der Waals surface area contributed by atoms with Crippen LogP contribution in [0.2, 0.25) is 0 Å². The van der Waals surface area contributed by atoms with Gasteiger partial charge in [0.25, 0.3) is 0 Å². The topological polar surface area (TPSA) is 69.8 Å². The number of alkyl halides is 3. The maximum absolute atomic E-state index is 12.9. The van der Waals surface area contributed by atoms with E-state index in [2.05, 4.69) is 15.6 Å². The predicted octanol–water partition coefficient (Wildman–Crippen LogP) is 4.44. The molecule has 2 rings (SSSR count). The zero-order valence-corrected chi connectivity index (χ0v) is 18.2. The minimum absolute atomic E-state index is 0. The van der Waals surface area contributed by atoms with Gasteiger partial charge in [0.1, 0.15) is 11.4 Å². The van der Waals surface area contributed by atoms with E-state index in [-0.39, 0.29) is 30.5 Å². The van der Waals surface area contributed by atoms with E-state index < -0.39 is 23.4 Å². The van der Waals surface area contributed by atoms with Crippen molar-refractivity contribution >= 4 is 29.9 Å². The van der Waals surface area contributed by atoms with Crippen molar-refractivity contribution in [2.75, 3.05) is 13.1 Å². The van der Waals surface area contributed by atoms with Crippen LogP contribution in [-0.4, -0.2) is 24.2 Å². The number of hydrogen-bond acceptors (Lipinski definition) is 3. The number of benzene rings is 1. The molecule has 2 aromatic rings. The Morgan fingerprint density at radius 3 is 2.54 bits per heavy atom. The molecule has 2 atom stereocenters. The van der Waals surface area contributed by atoms with Crippen LogP contribution in [-0.2, 0) is 11.8 Å². The van der Waals surface area contributed by atoms with Crippen LogP contribution in [0, 0.1) is 0 Å². The highest BCUT2D eigenvalue weighted by Crippen LogP contribution is 2.30. The Kier molecular flexibility index (Phi) is 8.80. The van der Waals surface area contributed by atoms with Crippen LogP contribution in [0.15, 0.2) is 52.1 Å². The van der Waals surface area contributed by atoms with Crippen LogP contribution in [0.3, 0.4) is 0 Å². The molecule has 1 aromatic heterocycles. The van der Waals surface area contributed by atoms with Crippen molar-refractivity contribution in [2.24, 2.45) is 4.99 Å². The van der Waals surface area contributed by atoms with Crippen LogP contribution < -0.4 is 10.6 Å². The Labute approximate surface area is 179 Å². The molecule has 3 N–H and O–H groups in total. The molecule has 5 nitrogen and oxygen atoms in total. The molecule has 0 amide bonds. The third-order valence-electron chi connectivity index (χ3n) is 4.01. The zero-order valence-electron chi connectivity index (χ0n) is 15.9. The molecule has 1 heterocycles. The number of rotatable bonds is 6. The van der Waals surface area contributed by atoms with Crippen LogP contribution >= 0.6 is 24.0 Å². The fourth-order valence-corrected chi connectivity index (χ4v) is 2.49. The maximum Gasteiger partial charge on any atom is 0.416 e. The fraction of sp³-hybridized carbons (Fsp3) is 0.421. The Bertz CT molecular complexity index is 762. The number of aliphatic hydroxyl groups is 1. The van der Waals surface area contributed by atoms with Gasteiger partial charge in [-0.15, -0.1) is 24.0 Å². The molecule has 2 unspecified atom stereocenters. The minimum Gasteiger partial charge on any atom is -0.466 e. The molecule has 0 radical (unpaired) electrons. The second-order valence-electron chi connectivity index (χ2n) is 6.44. The normalized spacial score (nSPS) is 15.3. The van der Waals surface area contributed by atoms with Crippen molar-refractivity contribution in [1.29, 1.82) is 0 Å². The van der Waals surface area contributed by atoms with Gasteiger partial charge in [0.15, 0.2) is 5.96 Å². The van der Waals surface area contributed by atoms with Gasteiger partial charge < -0.3 is 20.2 Å². The molecule has 0 aliphatic rings. The largest absolute Gasteiger partial charge is 0.466 e. The van der Waals surface area contributed by atoms with Crippen molar-refractivity contribution < 1.29 is 22.7 Å². The first-order valence-corrected chi connectivity index (χ1v) is 8.62. The Hall–Kier alpha value is -1.75. The first-order valence-electron chi connectivity index (χ1n) is 8.62. The quantitative estimate of drug-likeness (QED) is 0.305. The van der Waals surface area contributed by atoms with Gasteiger partial charge >= 0.3 is 6.18 Å². The molecule has 28 heavy (non-hydrogen) atoms. The van der Waals surface area contributed by atoms with E-state index >= 15 is 0 Å². The number of hydrogen-bond donors (Lipinski definition) is 3. The molecule has 156 valence electrons. The van der Waals surface area contributed by atoms with Crippen molar-refractivity contribution in [3.63, 3.8) is 0 Å². The fourth-order valence-electron chi connectivity index (χ4n) is 2.49. The van der Waals surface area contributed by atoms with Crippen molar-refractivity contribution in [3.05, 3.63) is 59.5 Å². The number of furan rings is 1. The third kappa shape index (κ3) is 6.69. The van der Waals surface area contributed by atoms with Crippen LogP contribution in [0.25, 0.3) is 0 Å². The van der Waals surface area contributed by atoms with E-state index in [0.717, 1.165) is 12.1 Å². The number of nitrogens with one attached hydrogen (secondary N) is 2. The Morgan fingerprint density at radius 1 is 1.25 bits per heavy atom. The Balaban J connectivity index is 0.00000392. The van der Waals surface area contributed by atoms with E-state index in [1.165, 1.54) is 12.3 Å². The molecular weight excluding hydrogens is 486 g/mol. The standard InChI is InChI=1S/C19H24F3N3O2.HI/c1-4-23-17(24-12-18(3,26)16-9-6-10-27-16)25-13(2)14-7-5-8-15(11-14)19(20,21)22;/h5-11,13,26H,4,12H2,1-3H3,(H2,23,24,25);1H. The monoisotopic (exact) mass is 511 g/mol. The van der Waals surface area contributed by atoms with E-state index in [1.807, 2.05) is 6.92 Å². The molecule has 0 saturated carbocycles. The van der Waals surface area contributed by atoms with Crippen molar-refractivity contribution in [3.8, 4) is 0 Å². The molecule has 0 aliphatic heterocycles. The van der Waals surface area contributed by atoms with Gasteiger partial charge in [-0.05, 0) is 50.6 Å². The minimum atomic E-state index is -4.39. The number of aliphatic imine (C=N–C) groups is 1. The van der Waals surface area contributed by atoms with Gasteiger partial charge in [-0.25, -0.2) is 4.99 Å². The highest BCUT2D eigenvalue weighted by Gasteiger charge is 2.31. The smallest absolute Gasteiger partial charge is 0.416 e. The van der Waals surface area contributed by atoms with Gasteiger partial charge in [-0.2, -0.15) is 13.2 Å². The molecule has 0 spiro atoms. The van der Waals surface area contributed by atoms with Gasteiger partial charge in [-0.3, -0.25) is 0 Å². The number of nitrogens with zero attached hydrogens (tertiary/aromatic N) is 1. The lowest BCUT2D eigenvalue weighted by atomic mass is 10.0. The van der Waals surface area contributed by atoms with E-state index in [4.69, 9.17) is 4.42 Å². The molecular formula is C19H25F3IN3O2. The lowest BCUT2D eigenvalue weighted by Gasteiger charge is -2.22. The summed E-state index contributed by atoms with van der Waals surface area (Å²) in [5, 5.41) is 16.6. The highest BCUT2D eigenvalue weighted by molar-refractivity contribution is 14.0. The summed E-state index contributed by atoms with van der Waals surface area (Å²) >= 11 is 0. The first-order chi connectivity index (χ1) is 12.6. The van der Waals surface area contributed by atoms with Crippen LogP contribution in [0.4, 0.5) is 13.2 Å². The van der Waals surface area contributed by atoms with Crippen molar-refractivity contribution in [1.82, 2.24) is 10.6 Å². The van der Waals surface area contributed by atoms with E-state index in [1.54, 1.807) is 32.0 Å². The SMILES string of the molecule is CCNC(=NCC(C)(O)c1ccco1)NC(C)c1cccc(C(F)(F)F)c1.I. The van der Waals surface area contributed by atoms with E-state index in [0.29, 0.717) is 23.8 Å². The molecule has 1 aromatic carbocycles. The van der Waals surface area contributed by atoms with Crippen LogP contribution in [0.5, 0.6) is 0 Å². The molecule has 9 heteroatoms. The summed E-state index contributed by atoms with van der Waals surface area (Å²) in [6.07, 6.45) is -2.93. The summed E-state index contributed by atoms with van der Waals surface area (Å²) in [5.74, 6) is 0.766. The lowest BCUT2D eigenvalue weighted by molar-refractivity contribution is -0.137. The number of halogens is 4. The first kappa shape index (κ1) is 24.3. The molecule has 0 saturated heterocycles. The second kappa shape index (κ2) is 10.1. The summed E-state index contributed by atoms with van der Waals surface area (Å²) < 4.78 is 43.9. The molecule has 0 aliphatic carbocycles. The summed E-state index contributed by atoms with van der Waals surface area (Å²) in [6, 6.07) is 8.06. The van der Waals surface area contributed by atoms with Gasteiger partial charge in [0, 0.05) is 6.54 Å². The summed E-state index contributed by atoms with van der Waals surface area (Å²) in [6.45, 7) is 5.77. The molecule has 0 fully saturated rings. The van der Waals surface area contributed by atoms with Gasteiger partial charge in [0.05, 0.1) is 24.4 Å². The van der Waals surface area contributed by atoms with Gasteiger partial charge in [-0.1, -0.05) is 12.1 Å². The average Bonchev–Trinajstić information content (AvgIpc) is 3.15. The third-order valence-corrected chi connectivity index (χ3v) is 4.01. The summed E-state index contributed by atoms with van der Waals surface area (Å²) in [5.41, 5.74) is -1.52. The average molecular weight is 511 g/mol. The predicted molar refractivity (Wildman–Crippen MR) is 113 cm³/mol. The highest BCUT2D eigenvalue weighted by atomic mass is 127. The van der Waals surface area contributed by atoms with E-state index in [9.17, 15) is 18.3 Å². The van der Waals surface area contributed by atoms with Gasteiger partial charge in [0.2, 0.25) is 0 Å². The zero-order chi connectivity index (χ0) is 20.1. The molecule has 0 bridgehead atoms. The number of guanidine groups is 1. The lowest BCUT2D eigenvalue weighted by Crippen LogP contribution is -2.40. The summed E-state index contributed by atoms with van der Waals surface area (Å²) in [4.78, 5) is 4.34. The van der Waals surface area contributed by atoms with Crippen LogP contribution in [0.1, 0.15) is 43.7 Å².